The zero-order valence-electron chi connectivity index (χ0n) is 11.9. The maximum absolute atomic E-state index is 5.73. The fourth-order valence-electron chi connectivity index (χ4n) is 2.76. The van der Waals surface area contributed by atoms with Crippen LogP contribution < -0.4 is 0 Å². The van der Waals surface area contributed by atoms with Crippen molar-refractivity contribution in [3.8, 4) is 0 Å². The first-order valence-electron chi connectivity index (χ1n) is 7.28. The van der Waals surface area contributed by atoms with Gasteiger partial charge in [-0.1, -0.05) is 36.0 Å². The minimum Gasteiger partial charge on any atom is -0.414 e. The van der Waals surface area contributed by atoms with Crippen molar-refractivity contribution < 1.29 is 4.42 Å². The molecule has 1 aliphatic rings. The lowest BCUT2D eigenvalue weighted by Crippen LogP contribution is -2.06. The van der Waals surface area contributed by atoms with Gasteiger partial charge in [-0.15, -0.1) is 10.2 Å². The number of fused-ring (bicyclic) bond motifs is 1. The molecule has 0 aliphatic heterocycles. The van der Waals surface area contributed by atoms with Gasteiger partial charge in [-0.2, -0.15) is 5.10 Å². The summed E-state index contributed by atoms with van der Waals surface area (Å²) < 4.78 is 7.39. The van der Waals surface area contributed by atoms with E-state index in [1.54, 1.807) is 22.8 Å². The summed E-state index contributed by atoms with van der Waals surface area (Å²) in [5, 5.41) is 13.3. The van der Waals surface area contributed by atoms with Crippen LogP contribution >= 0.6 is 11.8 Å². The summed E-state index contributed by atoms with van der Waals surface area (Å²) in [6.45, 7) is 0.453. The molecule has 22 heavy (non-hydrogen) atoms. The molecule has 1 aliphatic carbocycles. The third-order valence-electron chi connectivity index (χ3n) is 3.77. The molecule has 7 heteroatoms. The second kappa shape index (κ2) is 5.92. The highest BCUT2D eigenvalue weighted by molar-refractivity contribution is 7.99. The average Bonchev–Trinajstić information content (AvgIpc) is 3.20. The first kappa shape index (κ1) is 13.5. The number of aryl methyl sites for hydroxylation is 1. The largest absolute Gasteiger partial charge is 0.414 e. The Bertz CT molecular complexity index is 755. The number of aromatic nitrogens is 5. The Labute approximate surface area is 132 Å². The van der Waals surface area contributed by atoms with Gasteiger partial charge in [-0.3, -0.25) is 0 Å². The summed E-state index contributed by atoms with van der Waals surface area (Å²) >= 11 is 1.66. The summed E-state index contributed by atoms with van der Waals surface area (Å²) in [5.74, 6) is 0.553. The van der Waals surface area contributed by atoms with E-state index in [0.717, 1.165) is 12.8 Å². The van der Waals surface area contributed by atoms with E-state index in [4.69, 9.17) is 4.42 Å². The van der Waals surface area contributed by atoms with Crippen LogP contribution in [0.3, 0.4) is 0 Å². The quantitative estimate of drug-likeness (QED) is 0.737. The van der Waals surface area contributed by atoms with E-state index in [9.17, 15) is 0 Å². The minimum absolute atomic E-state index is 0.393. The fourth-order valence-corrected chi connectivity index (χ4v) is 3.87. The van der Waals surface area contributed by atoms with Crippen molar-refractivity contribution >= 4 is 11.8 Å². The number of hydrogen-bond acceptors (Lipinski definition) is 6. The number of nitrogens with zero attached hydrogens (tertiary/aromatic N) is 5. The van der Waals surface area contributed by atoms with Gasteiger partial charge >= 0.3 is 0 Å². The predicted molar refractivity (Wildman–Crippen MR) is 81.4 cm³/mol. The van der Waals surface area contributed by atoms with Crippen LogP contribution in [0.1, 0.15) is 35.1 Å². The highest BCUT2D eigenvalue weighted by Crippen LogP contribution is 2.42. The Balaban J connectivity index is 1.49. The molecule has 0 saturated heterocycles. The van der Waals surface area contributed by atoms with E-state index >= 15 is 0 Å². The first-order chi connectivity index (χ1) is 10.9. The molecule has 2 heterocycles. The van der Waals surface area contributed by atoms with E-state index < -0.39 is 0 Å². The van der Waals surface area contributed by atoms with Crippen LogP contribution in [0.5, 0.6) is 0 Å². The minimum atomic E-state index is 0.393. The maximum atomic E-state index is 5.73. The van der Waals surface area contributed by atoms with E-state index in [2.05, 4.69) is 44.5 Å². The highest BCUT2D eigenvalue weighted by atomic mass is 32.2. The molecule has 2 aromatic heterocycles. The molecule has 0 unspecified atom stereocenters. The molecule has 0 fully saturated rings. The number of benzene rings is 1. The van der Waals surface area contributed by atoms with Crippen LogP contribution in [-0.4, -0.2) is 25.0 Å². The molecule has 1 aromatic carbocycles. The van der Waals surface area contributed by atoms with Gasteiger partial charge < -0.3 is 4.42 Å². The molecule has 6 nitrogen and oxygen atoms in total. The standard InChI is InChI=1S/C15H15N5OS/c1-2-6-12-11(4-1)5-3-7-13(12)22-15-19-18-14(21-15)8-20-10-16-9-17-20/h1-2,4,6,9-10,13H,3,5,7-8H2/t13-/m1/s1. The van der Waals surface area contributed by atoms with Gasteiger partial charge in [-0.05, 0) is 30.4 Å². The molecule has 0 amide bonds. The van der Waals surface area contributed by atoms with Crippen LogP contribution in [0.4, 0.5) is 0 Å². The summed E-state index contributed by atoms with van der Waals surface area (Å²) in [6, 6.07) is 8.63. The van der Waals surface area contributed by atoms with Gasteiger partial charge in [-0.25, -0.2) is 9.67 Å². The van der Waals surface area contributed by atoms with E-state index in [0.29, 0.717) is 22.9 Å². The molecule has 1 atom stereocenters. The van der Waals surface area contributed by atoms with Crippen molar-refractivity contribution in [1.82, 2.24) is 25.0 Å². The van der Waals surface area contributed by atoms with Gasteiger partial charge in [0.15, 0.2) is 0 Å². The Kier molecular flexibility index (Phi) is 3.64. The maximum Gasteiger partial charge on any atom is 0.277 e. The fraction of sp³-hybridized carbons (Fsp3) is 0.333. The molecule has 3 aromatic rings. The molecule has 4 rings (SSSR count). The lowest BCUT2D eigenvalue weighted by Gasteiger charge is -2.23. The normalized spacial score (nSPS) is 17.4. The van der Waals surface area contributed by atoms with Gasteiger partial charge in [0.1, 0.15) is 19.2 Å². The molecule has 112 valence electrons. The van der Waals surface area contributed by atoms with Crippen LogP contribution in [0, 0.1) is 0 Å². The molecule has 0 radical (unpaired) electrons. The average molecular weight is 313 g/mol. The molecule has 0 saturated carbocycles. The third kappa shape index (κ3) is 2.76. The SMILES string of the molecule is c1ccc2c(c1)CCC[C@H]2Sc1nnc(Cn2cncn2)o1. The van der Waals surface area contributed by atoms with Crippen molar-refractivity contribution in [2.45, 2.75) is 36.3 Å². The second-order valence-electron chi connectivity index (χ2n) is 5.25. The summed E-state index contributed by atoms with van der Waals surface area (Å²) in [6.07, 6.45) is 6.63. The van der Waals surface area contributed by atoms with Crippen molar-refractivity contribution in [2.75, 3.05) is 0 Å². The van der Waals surface area contributed by atoms with Crippen LogP contribution in [0.2, 0.25) is 0 Å². The zero-order valence-corrected chi connectivity index (χ0v) is 12.7. The van der Waals surface area contributed by atoms with Crippen LogP contribution in [0.25, 0.3) is 0 Å². The first-order valence-corrected chi connectivity index (χ1v) is 8.16. The highest BCUT2D eigenvalue weighted by Gasteiger charge is 2.23. The van der Waals surface area contributed by atoms with Gasteiger partial charge in [0.05, 0.1) is 0 Å². The van der Waals surface area contributed by atoms with Crippen molar-refractivity contribution in [2.24, 2.45) is 0 Å². The van der Waals surface area contributed by atoms with E-state index in [-0.39, 0.29) is 0 Å². The third-order valence-corrected chi connectivity index (χ3v) is 4.91. The molecular weight excluding hydrogens is 298 g/mol. The lowest BCUT2D eigenvalue weighted by atomic mass is 9.91. The lowest BCUT2D eigenvalue weighted by molar-refractivity contribution is 0.396. The topological polar surface area (TPSA) is 69.6 Å². The monoisotopic (exact) mass is 313 g/mol. The van der Waals surface area contributed by atoms with Crippen LogP contribution in [-0.2, 0) is 13.0 Å². The van der Waals surface area contributed by atoms with E-state index in [1.807, 2.05) is 0 Å². The number of rotatable bonds is 4. The van der Waals surface area contributed by atoms with Crippen molar-refractivity contribution in [3.05, 3.63) is 53.9 Å². The molecule has 0 N–H and O–H groups in total. The molecule has 0 bridgehead atoms. The Morgan fingerprint density at radius 2 is 2.23 bits per heavy atom. The second-order valence-corrected chi connectivity index (χ2v) is 6.41. The van der Waals surface area contributed by atoms with E-state index in [1.165, 1.54) is 23.9 Å². The Hall–Kier alpha value is -2.15. The smallest absolute Gasteiger partial charge is 0.277 e. The summed E-state index contributed by atoms with van der Waals surface area (Å²) in [7, 11) is 0. The number of thioether (sulfide) groups is 1. The predicted octanol–water partition coefficient (Wildman–Crippen LogP) is 2.88. The van der Waals surface area contributed by atoms with Crippen molar-refractivity contribution in [1.29, 1.82) is 0 Å². The Morgan fingerprint density at radius 1 is 1.27 bits per heavy atom. The molecular formula is C15H15N5OS. The zero-order chi connectivity index (χ0) is 14.8. The number of hydrogen-bond donors (Lipinski definition) is 0. The van der Waals surface area contributed by atoms with Crippen molar-refractivity contribution in [3.63, 3.8) is 0 Å². The van der Waals surface area contributed by atoms with Gasteiger partial charge in [0.25, 0.3) is 5.22 Å². The van der Waals surface area contributed by atoms with Gasteiger partial charge in [0, 0.05) is 5.25 Å². The summed E-state index contributed by atoms with van der Waals surface area (Å²) in [5.41, 5.74) is 2.84. The Morgan fingerprint density at radius 3 is 3.14 bits per heavy atom. The summed E-state index contributed by atoms with van der Waals surface area (Å²) in [4.78, 5) is 3.90. The van der Waals surface area contributed by atoms with Crippen LogP contribution in [0.15, 0.2) is 46.6 Å². The van der Waals surface area contributed by atoms with Gasteiger partial charge in [0.2, 0.25) is 5.89 Å². The molecule has 0 spiro atoms.